The van der Waals surface area contributed by atoms with E-state index in [0.717, 1.165) is 42.7 Å². The van der Waals surface area contributed by atoms with Crippen LogP contribution in [0.1, 0.15) is 23.2 Å². The first-order chi connectivity index (χ1) is 12.7. The minimum atomic E-state index is 0.0589. The van der Waals surface area contributed by atoms with Crippen LogP contribution in [0.4, 0.5) is 5.82 Å². The lowest BCUT2D eigenvalue weighted by Gasteiger charge is -2.38. The fourth-order valence-corrected chi connectivity index (χ4v) is 3.60. The summed E-state index contributed by atoms with van der Waals surface area (Å²) in [4.78, 5) is 25.9. The van der Waals surface area contributed by atoms with E-state index in [1.807, 2.05) is 66.7 Å². The molecule has 3 heterocycles. The minimum Gasteiger partial charge on any atom is -0.355 e. The average Bonchev–Trinajstić information content (AvgIpc) is 2.73. The number of likely N-dealkylation sites (N-methyl/N-ethyl adjacent to an activating group) is 1. The molecule has 4 rings (SSSR count). The summed E-state index contributed by atoms with van der Waals surface area (Å²) < 4.78 is 0. The highest BCUT2D eigenvalue weighted by Gasteiger charge is 2.27. The van der Waals surface area contributed by atoms with Gasteiger partial charge in [0.1, 0.15) is 5.82 Å². The van der Waals surface area contributed by atoms with Crippen molar-refractivity contribution < 1.29 is 4.79 Å². The van der Waals surface area contributed by atoms with Gasteiger partial charge in [-0.3, -0.25) is 9.78 Å². The lowest BCUT2D eigenvalue weighted by Crippen LogP contribution is -2.48. The van der Waals surface area contributed by atoms with E-state index in [2.05, 4.69) is 14.9 Å². The summed E-state index contributed by atoms with van der Waals surface area (Å²) >= 11 is 0. The molecule has 1 atom stereocenters. The van der Waals surface area contributed by atoms with Crippen LogP contribution < -0.4 is 4.90 Å². The van der Waals surface area contributed by atoms with Gasteiger partial charge in [0.2, 0.25) is 0 Å². The maximum Gasteiger partial charge on any atom is 0.253 e. The number of carbonyl (C=O) groups is 1. The second kappa shape index (κ2) is 7.12. The number of piperidine rings is 1. The molecule has 2 aromatic heterocycles. The third-order valence-electron chi connectivity index (χ3n) is 5.09. The molecule has 132 valence electrons. The van der Waals surface area contributed by atoms with Crippen LogP contribution in [-0.2, 0) is 0 Å². The third-order valence-corrected chi connectivity index (χ3v) is 5.09. The topological polar surface area (TPSA) is 49.3 Å². The van der Waals surface area contributed by atoms with Crippen LogP contribution in [0.25, 0.3) is 10.9 Å². The van der Waals surface area contributed by atoms with Crippen LogP contribution in [-0.4, -0.2) is 47.0 Å². The molecule has 1 aliphatic rings. The summed E-state index contributed by atoms with van der Waals surface area (Å²) in [6.07, 6.45) is 5.66. The van der Waals surface area contributed by atoms with Crippen molar-refractivity contribution in [3.05, 3.63) is 66.5 Å². The van der Waals surface area contributed by atoms with E-state index >= 15 is 0 Å². The molecule has 1 aliphatic heterocycles. The van der Waals surface area contributed by atoms with Gasteiger partial charge in [-0.15, -0.1) is 0 Å². The van der Waals surface area contributed by atoms with Crippen molar-refractivity contribution in [2.24, 2.45) is 0 Å². The first-order valence-electron chi connectivity index (χ1n) is 9.00. The normalized spacial score (nSPS) is 17.3. The Labute approximate surface area is 153 Å². The van der Waals surface area contributed by atoms with E-state index in [9.17, 15) is 4.79 Å². The van der Waals surface area contributed by atoms with Gasteiger partial charge in [0.25, 0.3) is 5.91 Å². The number of hydrogen-bond acceptors (Lipinski definition) is 4. The zero-order valence-corrected chi connectivity index (χ0v) is 14.9. The smallest absolute Gasteiger partial charge is 0.253 e. The number of aromatic nitrogens is 2. The number of carbonyl (C=O) groups excluding carboxylic acids is 1. The van der Waals surface area contributed by atoms with Gasteiger partial charge in [-0.05, 0) is 49.2 Å². The third kappa shape index (κ3) is 3.25. The number of nitrogens with zero attached hydrogens (tertiary/aromatic N) is 4. The van der Waals surface area contributed by atoms with E-state index in [0.29, 0.717) is 5.56 Å². The highest BCUT2D eigenvalue weighted by atomic mass is 16.2. The van der Waals surface area contributed by atoms with Gasteiger partial charge in [0, 0.05) is 49.5 Å². The number of hydrogen-bond donors (Lipinski definition) is 0. The lowest BCUT2D eigenvalue weighted by atomic mass is 10.0. The Morgan fingerprint density at radius 2 is 2.00 bits per heavy atom. The largest absolute Gasteiger partial charge is 0.355 e. The number of anilines is 1. The predicted octanol–water partition coefficient (Wildman–Crippen LogP) is 3.37. The first-order valence-corrected chi connectivity index (χ1v) is 9.00. The van der Waals surface area contributed by atoms with Crippen LogP contribution >= 0.6 is 0 Å². The molecule has 0 bridgehead atoms. The zero-order valence-electron chi connectivity index (χ0n) is 14.9. The molecular formula is C21H22N4O. The molecule has 1 aromatic carbocycles. The van der Waals surface area contributed by atoms with Gasteiger partial charge in [-0.2, -0.15) is 0 Å². The molecule has 5 nitrogen and oxygen atoms in total. The summed E-state index contributed by atoms with van der Waals surface area (Å²) in [7, 11) is 1.91. The number of fused-ring (bicyclic) bond motifs is 1. The van der Waals surface area contributed by atoms with E-state index in [4.69, 9.17) is 0 Å². The quantitative estimate of drug-likeness (QED) is 0.730. The van der Waals surface area contributed by atoms with E-state index in [1.54, 1.807) is 6.20 Å². The Balaban J connectivity index is 1.52. The predicted molar refractivity (Wildman–Crippen MR) is 103 cm³/mol. The van der Waals surface area contributed by atoms with Gasteiger partial charge in [-0.25, -0.2) is 4.98 Å². The standard InChI is InChI=1S/C21H22N4O/c1-24(18-7-5-13-25(15-18)20-8-2-3-11-23-20)21(26)17-9-10-19-16(14-17)6-4-12-22-19/h2-4,6,8-12,14,18H,5,7,13,15H2,1H3/t18-/m0/s1. The fourth-order valence-electron chi connectivity index (χ4n) is 3.60. The van der Waals surface area contributed by atoms with Crippen molar-refractivity contribution in [2.45, 2.75) is 18.9 Å². The lowest BCUT2D eigenvalue weighted by molar-refractivity contribution is 0.0717. The molecule has 0 N–H and O–H groups in total. The second-order valence-electron chi connectivity index (χ2n) is 6.76. The Hall–Kier alpha value is -2.95. The van der Waals surface area contributed by atoms with E-state index < -0.39 is 0 Å². The molecule has 0 saturated carbocycles. The summed E-state index contributed by atoms with van der Waals surface area (Å²) in [5.74, 6) is 1.04. The number of pyridine rings is 2. The SMILES string of the molecule is CN(C(=O)c1ccc2ncccc2c1)[C@H]1CCCN(c2ccccn2)C1. The second-order valence-corrected chi connectivity index (χ2v) is 6.76. The van der Waals surface area contributed by atoms with Gasteiger partial charge in [0.05, 0.1) is 5.52 Å². The van der Waals surface area contributed by atoms with E-state index in [1.165, 1.54) is 0 Å². The molecule has 0 radical (unpaired) electrons. The molecule has 1 amide bonds. The highest BCUT2D eigenvalue weighted by molar-refractivity contribution is 5.98. The molecule has 3 aromatic rings. The van der Waals surface area contributed by atoms with Crippen molar-refractivity contribution in [2.75, 3.05) is 25.0 Å². The Bertz CT molecular complexity index is 912. The summed E-state index contributed by atoms with van der Waals surface area (Å²) in [6.45, 7) is 1.80. The molecule has 0 aliphatic carbocycles. The molecule has 26 heavy (non-hydrogen) atoms. The highest BCUT2D eigenvalue weighted by Crippen LogP contribution is 2.22. The molecule has 1 saturated heterocycles. The van der Waals surface area contributed by atoms with Gasteiger partial charge in [0.15, 0.2) is 0 Å². The van der Waals surface area contributed by atoms with Crippen molar-refractivity contribution in [1.82, 2.24) is 14.9 Å². The summed E-state index contributed by atoms with van der Waals surface area (Å²) in [5.41, 5.74) is 1.62. The summed E-state index contributed by atoms with van der Waals surface area (Å²) in [5, 5.41) is 0.991. The number of amides is 1. The molecule has 1 fully saturated rings. The van der Waals surface area contributed by atoms with Crippen LogP contribution in [0, 0.1) is 0 Å². The summed E-state index contributed by atoms with van der Waals surface area (Å²) in [6, 6.07) is 15.7. The zero-order chi connectivity index (χ0) is 17.9. The Morgan fingerprint density at radius 1 is 1.12 bits per heavy atom. The number of rotatable bonds is 3. The van der Waals surface area contributed by atoms with E-state index in [-0.39, 0.29) is 11.9 Å². The van der Waals surface area contributed by atoms with Crippen molar-refractivity contribution in [3.63, 3.8) is 0 Å². The van der Waals surface area contributed by atoms with Crippen LogP contribution in [0.5, 0.6) is 0 Å². The Kier molecular flexibility index (Phi) is 4.52. The first kappa shape index (κ1) is 16.5. The fraction of sp³-hybridized carbons (Fsp3) is 0.286. The maximum absolute atomic E-state index is 13.0. The molecule has 5 heteroatoms. The molecule has 0 spiro atoms. The average molecular weight is 346 g/mol. The van der Waals surface area contributed by atoms with Crippen molar-refractivity contribution >= 4 is 22.6 Å². The van der Waals surface area contributed by atoms with Crippen LogP contribution in [0.15, 0.2) is 60.9 Å². The maximum atomic E-state index is 13.0. The van der Waals surface area contributed by atoms with Crippen molar-refractivity contribution in [1.29, 1.82) is 0 Å². The number of benzene rings is 1. The van der Waals surface area contributed by atoms with Crippen LogP contribution in [0.3, 0.4) is 0 Å². The van der Waals surface area contributed by atoms with Gasteiger partial charge < -0.3 is 9.80 Å². The molecule has 0 unspecified atom stereocenters. The monoisotopic (exact) mass is 346 g/mol. The van der Waals surface area contributed by atoms with Crippen molar-refractivity contribution in [3.8, 4) is 0 Å². The van der Waals surface area contributed by atoms with Gasteiger partial charge in [-0.1, -0.05) is 12.1 Å². The van der Waals surface area contributed by atoms with Gasteiger partial charge >= 0.3 is 0 Å². The minimum absolute atomic E-state index is 0.0589. The molecular weight excluding hydrogens is 324 g/mol. The van der Waals surface area contributed by atoms with Crippen LogP contribution in [0.2, 0.25) is 0 Å². The Morgan fingerprint density at radius 3 is 2.85 bits per heavy atom.